The molecule has 2 saturated heterocycles. The number of ether oxygens (including phenoxy) is 1. The van der Waals surface area contributed by atoms with Gasteiger partial charge in [0, 0.05) is 75.3 Å². The first kappa shape index (κ1) is 32.0. The minimum atomic E-state index is -4.65. The fraction of sp³-hybridized carbons (Fsp3) is 0.438. The van der Waals surface area contributed by atoms with E-state index in [1.165, 1.54) is 11.0 Å². The molecule has 1 amide bonds. The highest BCUT2D eigenvalue weighted by atomic mass is 32.1. The van der Waals surface area contributed by atoms with Crippen molar-refractivity contribution in [2.75, 3.05) is 61.1 Å². The lowest BCUT2D eigenvalue weighted by Crippen LogP contribution is -2.49. The lowest BCUT2D eigenvalue weighted by Gasteiger charge is -2.42. The Kier molecular flexibility index (Phi) is 8.52. The quantitative estimate of drug-likeness (QED) is 0.246. The highest BCUT2D eigenvalue weighted by Gasteiger charge is 2.44. The van der Waals surface area contributed by atoms with Crippen LogP contribution in [0.4, 0.5) is 29.9 Å². The van der Waals surface area contributed by atoms with E-state index in [1.807, 2.05) is 23.1 Å². The Balaban J connectivity index is 1.18. The minimum absolute atomic E-state index is 0.0354. The van der Waals surface area contributed by atoms with Crippen LogP contribution in [0.25, 0.3) is 0 Å². The molecule has 48 heavy (non-hydrogen) atoms. The van der Waals surface area contributed by atoms with Gasteiger partial charge in [-0.3, -0.25) is 14.6 Å². The summed E-state index contributed by atoms with van der Waals surface area (Å²) in [5.74, 6) is 0.850. The molecule has 3 aliphatic rings. The first-order valence-electron chi connectivity index (χ1n) is 15.6. The fourth-order valence-corrected chi connectivity index (χ4v) is 7.21. The average molecular weight is 679 g/mol. The summed E-state index contributed by atoms with van der Waals surface area (Å²) >= 11 is 1.56. The summed E-state index contributed by atoms with van der Waals surface area (Å²) < 4.78 is 51.1. The van der Waals surface area contributed by atoms with Gasteiger partial charge in [-0.1, -0.05) is 0 Å². The highest BCUT2D eigenvalue weighted by Crippen LogP contribution is 2.42. The summed E-state index contributed by atoms with van der Waals surface area (Å²) in [4.78, 5) is 28.6. The second-order valence-electron chi connectivity index (χ2n) is 12.4. The summed E-state index contributed by atoms with van der Waals surface area (Å²) in [6.45, 7) is 3.86. The lowest BCUT2D eigenvalue weighted by atomic mass is 9.75. The van der Waals surface area contributed by atoms with Crippen LogP contribution in [0, 0.1) is 11.3 Å². The number of amides is 1. The monoisotopic (exact) mass is 678 g/mol. The molecular formula is C32H33F3N10O2S. The third kappa shape index (κ3) is 6.20. The fourth-order valence-electron chi connectivity index (χ4n) is 6.51. The van der Waals surface area contributed by atoms with Crippen molar-refractivity contribution in [2.45, 2.75) is 37.5 Å². The van der Waals surface area contributed by atoms with Gasteiger partial charge in [-0.05, 0) is 41.0 Å². The maximum absolute atomic E-state index is 14.6. The van der Waals surface area contributed by atoms with Gasteiger partial charge in [-0.15, -0.1) is 21.5 Å². The van der Waals surface area contributed by atoms with E-state index in [1.54, 1.807) is 36.0 Å². The molecule has 0 unspecified atom stereocenters. The summed E-state index contributed by atoms with van der Waals surface area (Å²) in [7, 11) is 1.85. The number of aryl methyl sites for hydroxylation is 1. The van der Waals surface area contributed by atoms with Crippen molar-refractivity contribution in [1.82, 2.24) is 29.6 Å². The number of nitrogens with one attached hydrogen (secondary N) is 1. The molecule has 2 fully saturated rings. The summed E-state index contributed by atoms with van der Waals surface area (Å²) in [5.41, 5.74) is -0.0902. The molecular weight excluding hydrogens is 645 g/mol. The number of piperazine rings is 1. The average Bonchev–Trinajstić information content (AvgIpc) is 3.80. The van der Waals surface area contributed by atoms with Crippen molar-refractivity contribution >= 4 is 34.0 Å². The number of rotatable bonds is 10. The Hall–Kier alpha value is -4.59. The predicted octanol–water partition coefficient (Wildman–Crippen LogP) is 4.00. The van der Waals surface area contributed by atoms with Gasteiger partial charge in [0.1, 0.15) is 23.8 Å². The summed E-state index contributed by atoms with van der Waals surface area (Å²) in [6.07, 6.45) is -0.556. The van der Waals surface area contributed by atoms with Crippen LogP contribution < -0.4 is 15.1 Å². The van der Waals surface area contributed by atoms with Crippen molar-refractivity contribution in [1.29, 1.82) is 5.26 Å². The van der Waals surface area contributed by atoms with Crippen LogP contribution in [0.15, 0.2) is 42.2 Å². The van der Waals surface area contributed by atoms with Crippen LogP contribution >= 0.6 is 11.3 Å². The molecule has 4 aromatic rings. The number of alkyl halides is 3. The number of benzene rings is 1. The first-order valence-corrected chi connectivity index (χ1v) is 16.5. The molecule has 1 aromatic carbocycles. The molecule has 3 aromatic heterocycles. The van der Waals surface area contributed by atoms with E-state index < -0.39 is 23.1 Å². The van der Waals surface area contributed by atoms with Crippen molar-refractivity contribution in [3.63, 3.8) is 0 Å². The van der Waals surface area contributed by atoms with Crippen LogP contribution in [0.1, 0.15) is 44.9 Å². The Morgan fingerprint density at radius 2 is 1.96 bits per heavy atom. The number of nitriles is 1. The molecule has 0 saturated carbocycles. The zero-order valence-electron chi connectivity index (χ0n) is 26.2. The van der Waals surface area contributed by atoms with E-state index >= 15 is 0 Å². The predicted molar refractivity (Wildman–Crippen MR) is 172 cm³/mol. The molecule has 3 aliphatic heterocycles. The van der Waals surface area contributed by atoms with E-state index in [0.29, 0.717) is 70.3 Å². The normalized spacial score (nSPS) is 17.7. The largest absolute Gasteiger partial charge is 0.416 e. The van der Waals surface area contributed by atoms with Gasteiger partial charge in [0.2, 0.25) is 0 Å². The molecule has 7 rings (SSSR count). The molecule has 250 valence electrons. The van der Waals surface area contributed by atoms with Crippen molar-refractivity contribution in [3.8, 4) is 6.07 Å². The zero-order chi connectivity index (χ0) is 33.5. The molecule has 12 nitrogen and oxygen atoms in total. The second-order valence-corrected chi connectivity index (χ2v) is 13.3. The molecule has 16 heteroatoms. The SMILES string of the molecule is Cn1cnnc1CC1(c2cc(NCCC#N)nc(N3Cc4c(cc(CN5CCN(c6nccs6)CC5)cc4C(F)(F)F)C3=O)c2)COC1. The second kappa shape index (κ2) is 12.8. The number of fused-ring (bicyclic) bond motifs is 1. The number of nitrogens with zero attached hydrogens (tertiary/aromatic N) is 9. The molecule has 0 atom stereocenters. The number of thiazole rings is 1. The number of pyridine rings is 1. The molecule has 6 heterocycles. The van der Waals surface area contributed by atoms with E-state index in [-0.39, 0.29) is 29.9 Å². The van der Waals surface area contributed by atoms with E-state index in [9.17, 15) is 18.0 Å². The van der Waals surface area contributed by atoms with Crippen molar-refractivity contribution in [2.24, 2.45) is 7.05 Å². The smallest absolute Gasteiger partial charge is 0.379 e. The zero-order valence-corrected chi connectivity index (χ0v) is 27.0. The number of carbonyl (C=O) groups excluding carboxylic acids is 1. The third-order valence-corrected chi connectivity index (χ3v) is 10.0. The maximum atomic E-state index is 14.6. The number of anilines is 3. The van der Waals surface area contributed by atoms with Crippen molar-refractivity contribution < 1.29 is 22.7 Å². The Morgan fingerprint density at radius 1 is 1.15 bits per heavy atom. The third-order valence-electron chi connectivity index (χ3n) is 9.18. The number of hydrogen-bond acceptors (Lipinski definition) is 11. The van der Waals surface area contributed by atoms with Crippen molar-refractivity contribution in [3.05, 3.63) is 75.8 Å². The van der Waals surface area contributed by atoms with Gasteiger partial charge in [0.05, 0.1) is 37.8 Å². The van der Waals surface area contributed by atoms with Gasteiger partial charge in [-0.25, -0.2) is 9.97 Å². The lowest BCUT2D eigenvalue weighted by molar-refractivity contribution is -0.138. The standard InChI is InChI=1S/C32H33F3N10O2S/c1-42-20-39-41-28(42)15-31(18-47-19-31)22-13-26(37-4-2-3-36)40-27(14-22)45-17-24-23(29(45)46)11-21(12-25(24)32(33,34)35)16-43-6-8-44(9-7-43)30-38-5-10-48-30/h5,10-14,20H,2,4,6-9,15-19H2,1H3,(H,37,40). The number of hydrogen-bond donors (Lipinski definition) is 1. The molecule has 1 N–H and O–H groups in total. The minimum Gasteiger partial charge on any atom is -0.379 e. The van der Waals surface area contributed by atoms with E-state index in [2.05, 4.69) is 41.4 Å². The van der Waals surface area contributed by atoms with Gasteiger partial charge in [-0.2, -0.15) is 18.4 Å². The molecule has 0 radical (unpaired) electrons. The summed E-state index contributed by atoms with van der Waals surface area (Å²) in [6, 6.07) is 8.48. The maximum Gasteiger partial charge on any atom is 0.416 e. The van der Waals surface area contributed by atoms with E-state index in [0.717, 1.165) is 16.5 Å². The van der Waals surface area contributed by atoms with Gasteiger partial charge in [0.25, 0.3) is 5.91 Å². The number of halogens is 3. The Labute approximate surface area is 278 Å². The number of carbonyl (C=O) groups is 1. The van der Waals surface area contributed by atoms with Crippen LogP contribution in [0.5, 0.6) is 0 Å². The van der Waals surface area contributed by atoms with Crippen LogP contribution in [-0.2, 0) is 42.9 Å². The molecule has 0 bridgehead atoms. The topological polar surface area (TPSA) is 128 Å². The van der Waals surface area contributed by atoms with E-state index in [4.69, 9.17) is 10.00 Å². The molecule has 0 aliphatic carbocycles. The van der Waals surface area contributed by atoms with Crippen LogP contribution in [0.2, 0.25) is 0 Å². The Morgan fingerprint density at radius 3 is 2.60 bits per heavy atom. The summed E-state index contributed by atoms with van der Waals surface area (Å²) in [5, 5.41) is 23.3. The number of aromatic nitrogens is 5. The van der Waals surface area contributed by atoms with Gasteiger partial charge < -0.3 is 19.5 Å². The van der Waals surface area contributed by atoms with Gasteiger partial charge >= 0.3 is 6.18 Å². The van der Waals surface area contributed by atoms with Gasteiger partial charge in [0.15, 0.2) is 5.13 Å². The Bertz CT molecular complexity index is 1840. The van der Waals surface area contributed by atoms with Crippen LogP contribution in [-0.4, -0.2) is 81.5 Å². The molecule has 0 spiro atoms. The van der Waals surface area contributed by atoms with Crippen LogP contribution in [0.3, 0.4) is 0 Å². The highest BCUT2D eigenvalue weighted by molar-refractivity contribution is 7.13. The first-order chi connectivity index (χ1) is 23.1.